The van der Waals surface area contributed by atoms with Crippen molar-refractivity contribution in [3.63, 3.8) is 0 Å². The summed E-state index contributed by atoms with van der Waals surface area (Å²) >= 11 is 3.22. The minimum absolute atomic E-state index is 0.149. The molecular weight excluding hydrogens is 394 g/mol. The lowest BCUT2D eigenvalue weighted by atomic mass is 10.2. The first-order valence-electron chi connectivity index (χ1n) is 7.74. The SMILES string of the molecule is CCc1ccccc1S(=O)(=O)c1nn(C(=O)N(CC)CC)cc1Br. The molecule has 130 valence electrons. The van der Waals surface area contributed by atoms with Gasteiger partial charge in [0.05, 0.1) is 15.6 Å². The van der Waals surface area contributed by atoms with E-state index in [0.717, 1.165) is 4.68 Å². The van der Waals surface area contributed by atoms with Crippen molar-refractivity contribution in [3.05, 3.63) is 40.5 Å². The predicted octanol–water partition coefficient (Wildman–Crippen LogP) is 3.35. The first-order chi connectivity index (χ1) is 11.4. The Hall–Kier alpha value is -1.67. The zero-order valence-electron chi connectivity index (χ0n) is 13.9. The van der Waals surface area contributed by atoms with Crippen molar-refractivity contribution in [2.24, 2.45) is 0 Å². The van der Waals surface area contributed by atoms with Crippen molar-refractivity contribution in [2.75, 3.05) is 13.1 Å². The molecule has 0 atom stereocenters. The Labute approximate surface area is 150 Å². The molecule has 0 radical (unpaired) electrons. The van der Waals surface area contributed by atoms with E-state index in [2.05, 4.69) is 21.0 Å². The molecule has 0 unspecified atom stereocenters. The summed E-state index contributed by atoms with van der Waals surface area (Å²) in [5, 5.41) is 3.89. The summed E-state index contributed by atoms with van der Waals surface area (Å²) in [6.07, 6.45) is 1.98. The number of carbonyl (C=O) groups is 1. The molecule has 1 aromatic carbocycles. The molecule has 1 amide bonds. The molecule has 2 aromatic rings. The molecule has 0 fully saturated rings. The maximum absolute atomic E-state index is 12.9. The zero-order chi connectivity index (χ0) is 17.9. The van der Waals surface area contributed by atoms with E-state index in [1.807, 2.05) is 20.8 Å². The zero-order valence-corrected chi connectivity index (χ0v) is 16.3. The van der Waals surface area contributed by atoms with Crippen LogP contribution in [0.1, 0.15) is 26.3 Å². The van der Waals surface area contributed by atoms with Gasteiger partial charge in [-0.25, -0.2) is 13.2 Å². The number of aromatic nitrogens is 2. The van der Waals surface area contributed by atoms with Crippen LogP contribution >= 0.6 is 15.9 Å². The normalized spacial score (nSPS) is 11.5. The summed E-state index contributed by atoms with van der Waals surface area (Å²) < 4.78 is 27.2. The number of hydrogen-bond donors (Lipinski definition) is 0. The molecule has 1 heterocycles. The van der Waals surface area contributed by atoms with Crippen LogP contribution in [-0.4, -0.2) is 42.2 Å². The van der Waals surface area contributed by atoms with Gasteiger partial charge in [0.2, 0.25) is 9.84 Å². The lowest BCUT2D eigenvalue weighted by Crippen LogP contribution is -2.34. The number of aryl methyl sites for hydroxylation is 1. The first kappa shape index (κ1) is 18.7. The summed E-state index contributed by atoms with van der Waals surface area (Å²) in [7, 11) is -3.81. The second-order valence-corrected chi connectivity index (χ2v) is 7.83. The number of nitrogens with zero attached hydrogens (tertiary/aromatic N) is 3. The fraction of sp³-hybridized carbons (Fsp3) is 0.375. The van der Waals surface area contributed by atoms with Crippen molar-refractivity contribution >= 4 is 31.8 Å². The van der Waals surface area contributed by atoms with Crippen LogP contribution in [0.15, 0.2) is 44.9 Å². The lowest BCUT2D eigenvalue weighted by molar-refractivity contribution is 0.201. The molecule has 0 aliphatic carbocycles. The minimum atomic E-state index is -3.81. The van der Waals surface area contributed by atoms with Crippen LogP contribution in [0.5, 0.6) is 0 Å². The van der Waals surface area contributed by atoms with Gasteiger partial charge in [0.1, 0.15) is 0 Å². The van der Waals surface area contributed by atoms with Crippen LogP contribution in [0, 0.1) is 0 Å². The Morgan fingerprint density at radius 2 is 1.83 bits per heavy atom. The van der Waals surface area contributed by atoms with E-state index in [4.69, 9.17) is 0 Å². The number of benzene rings is 1. The third-order valence-electron chi connectivity index (χ3n) is 3.77. The molecule has 0 saturated carbocycles. The van der Waals surface area contributed by atoms with Crippen molar-refractivity contribution in [3.8, 4) is 0 Å². The summed E-state index contributed by atoms with van der Waals surface area (Å²) in [6.45, 7) is 6.65. The number of carbonyl (C=O) groups excluding carboxylic acids is 1. The third kappa shape index (κ3) is 3.39. The van der Waals surface area contributed by atoms with E-state index in [-0.39, 0.29) is 20.4 Å². The van der Waals surface area contributed by atoms with Crippen LogP contribution < -0.4 is 0 Å². The molecule has 1 aromatic heterocycles. The van der Waals surface area contributed by atoms with Gasteiger partial charge in [-0.2, -0.15) is 9.78 Å². The number of sulfone groups is 1. The van der Waals surface area contributed by atoms with Crippen molar-refractivity contribution in [1.82, 2.24) is 14.7 Å². The molecule has 0 spiro atoms. The van der Waals surface area contributed by atoms with Crippen LogP contribution in [0.2, 0.25) is 0 Å². The highest BCUT2D eigenvalue weighted by atomic mass is 79.9. The fourth-order valence-electron chi connectivity index (χ4n) is 2.42. The Bertz CT molecular complexity index is 842. The highest BCUT2D eigenvalue weighted by Crippen LogP contribution is 2.29. The molecule has 0 aliphatic heterocycles. The maximum atomic E-state index is 12.9. The van der Waals surface area contributed by atoms with Gasteiger partial charge in [0.15, 0.2) is 5.03 Å². The van der Waals surface area contributed by atoms with Gasteiger partial charge < -0.3 is 4.90 Å². The highest BCUT2D eigenvalue weighted by molar-refractivity contribution is 9.10. The van der Waals surface area contributed by atoms with E-state index >= 15 is 0 Å². The van der Waals surface area contributed by atoms with E-state index in [1.165, 1.54) is 6.20 Å². The van der Waals surface area contributed by atoms with Crippen LogP contribution in [0.25, 0.3) is 0 Å². The Kier molecular flexibility index (Phi) is 5.82. The van der Waals surface area contributed by atoms with Crippen molar-refractivity contribution in [1.29, 1.82) is 0 Å². The third-order valence-corrected chi connectivity index (χ3v) is 6.40. The van der Waals surface area contributed by atoms with E-state index < -0.39 is 9.84 Å². The lowest BCUT2D eigenvalue weighted by Gasteiger charge is -2.17. The summed E-state index contributed by atoms with van der Waals surface area (Å²) in [5.41, 5.74) is 0.717. The van der Waals surface area contributed by atoms with Gasteiger partial charge in [-0.1, -0.05) is 25.1 Å². The van der Waals surface area contributed by atoms with Gasteiger partial charge >= 0.3 is 6.03 Å². The predicted molar refractivity (Wildman–Crippen MR) is 94.9 cm³/mol. The highest BCUT2D eigenvalue weighted by Gasteiger charge is 2.28. The molecule has 6 nitrogen and oxygen atoms in total. The summed E-state index contributed by atoms with van der Waals surface area (Å²) in [4.78, 5) is 14.2. The Morgan fingerprint density at radius 1 is 1.21 bits per heavy atom. The number of halogens is 1. The number of rotatable bonds is 5. The largest absolute Gasteiger partial charge is 0.344 e. The van der Waals surface area contributed by atoms with Gasteiger partial charge in [0, 0.05) is 13.1 Å². The van der Waals surface area contributed by atoms with Gasteiger partial charge in [-0.3, -0.25) is 0 Å². The number of amides is 1. The van der Waals surface area contributed by atoms with Crippen LogP contribution in [0.3, 0.4) is 0 Å². The molecule has 24 heavy (non-hydrogen) atoms. The summed E-state index contributed by atoms with van der Waals surface area (Å²) in [6, 6.07) is 6.46. The Morgan fingerprint density at radius 3 is 2.42 bits per heavy atom. The first-order valence-corrected chi connectivity index (χ1v) is 10.0. The Balaban J connectivity index is 2.51. The smallest absolute Gasteiger partial charge is 0.323 e. The molecule has 0 saturated heterocycles. The van der Waals surface area contributed by atoms with Crippen LogP contribution in [0.4, 0.5) is 4.79 Å². The second-order valence-electron chi connectivity index (χ2n) is 5.15. The van der Waals surface area contributed by atoms with E-state index in [9.17, 15) is 13.2 Å². The quantitative estimate of drug-likeness (QED) is 0.752. The van der Waals surface area contributed by atoms with Gasteiger partial charge in [0.25, 0.3) is 0 Å². The van der Waals surface area contributed by atoms with Crippen LogP contribution in [-0.2, 0) is 16.3 Å². The second kappa shape index (κ2) is 7.48. The molecular formula is C16H20BrN3O3S. The van der Waals surface area contributed by atoms with E-state index in [0.29, 0.717) is 25.1 Å². The maximum Gasteiger partial charge on any atom is 0.344 e. The summed E-state index contributed by atoms with van der Waals surface area (Å²) in [5.74, 6) is 0. The molecule has 0 bridgehead atoms. The van der Waals surface area contributed by atoms with Gasteiger partial charge in [-0.15, -0.1) is 0 Å². The number of hydrogen-bond acceptors (Lipinski definition) is 4. The van der Waals surface area contributed by atoms with Crippen molar-refractivity contribution < 1.29 is 13.2 Å². The molecule has 8 heteroatoms. The average molecular weight is 414 g/mol. The van der Waals surface area contributed by atoms with Crippen molar-refractivity contribution in [2.45, 2.75) is 37.1 Å². The molecule has 0 aliphatic rings. The standard InChI is InChI=1S/C16H20BrN3O3S/c1-4-12-9-7-8-10-14(12)24(22,23)15-13(17)11-20(18-15)16(21)19(5-2)6-3/h7-11H,4-6H2,1-3H3. The minimum Gasteiger partial charge on any atom is -0.323 e. The van der Waals surface area contributed by atoms with Gasteiger partial charge in [-0.05, 0) is 47.8 Å². The average Bonchev–Trinajstić information content (AvgIpc) is 2.98. The van der Waals surface area contributed by atoms with E-state index in [1.54, 1.807) is 29.2 Å². The molecule has 0 N–H and O–H groups in total. The molecule has 2 rings (SSSR count). The fourth-order valence-corrected chi connectivity index (χ4v) is 4.86. The monoisotopic (exact) mass is 413 g/mol. The topological polar surface area (TPSA) is 72.3 Å².